The average molecular weight is 478 g/mol. The molecular weight excluding hydrogens is 457 g/mol. The van der Waals surface area contributed by atoms with E-state index in [1.54, 1.807) is 0 Å². The van der Waals surface area contributed by atoms with E-state index in [1.165, 1.54) is 33.0 Å². The van der Waals surface area contributed by atoms with Crippen LogP contribution in [0.1, 0.15) is 31.2 Å². The van der Waals surface area contributed by atoms with E-state index in [2.05, 4.69) is 0 Å². The Balaban J connectivity index is 1.50. The summed E-state index contributed by atoms with van der Waals surface area (Å²) < 4.78 is 13.5. The van der Waals surface area contributed by atoms with Crippen molar-refractivity contribution >= 4 is 35.2 Å². The molecule has 33 heavy (non-hydrogen) atoms. The Bertz CT molecular complexity index is 1140. The molecule has 1 saturated heterocycles. The minimum absolute atomic E-state index is 0.0778. The summed E-state index contributed by atoms with van der Waals surface area (Å²) >= 11 is 5.83. The summed E-state index contributed by atoms with van der Waals surface area (Å²) in [6.07, 6.45) is 1.89. The molecule has 4 amide bonds. The lowest BCUT2D eigenvalue weighted by atomic mass is 9.82. The third kappa shape index (κ3) is 3.06. The van der Waals surface area contributed by atoms with Gasteiger partial charge in [-0.05, 0) is 49.0 Å². The van der Waals surface area contributed by atoms with Crippen molar-refractivity contribution in [2.24, 2.45) is 5.73 Å². The second-order valence-electron chi connectivity index (χ2n) is 8.69. The van der Waals surface area contributed by atoms with Gasteiger partial charge >= 0.3 is 0 Å². The van der Waals surface area contributed by atoms with Gasteiger partial charge in [-0.25, -0.2) is 4.39 Å². The molecule has 0 radical (unpaired) electrons. The van der Waals surface area contributed by atoms with E-state index < -0.39 is 41.2 Å². The van der Waals surface area contributed by atoms with Crippen LogP contribution in [0.15, 0.2) is 29.3 Å². The number of amides is 4. The van der Waals surface area contributed by atoms with Gasteiger partial charge in [0, 0.05) is 13.1 Å². The highest BCUT2D eigenvalue weighted by atomic mass is 35.5. The lowest BCUT2D eigenvalue weighted by molar-refractivity contribution is -0.291. The van der Waals surface area contributed by atoms with Crippen molar-refractivity contribution in [3.8, 4) is 0 Å². The molecule has 4 aliphatic rings. The van der Waals surface area contributed by atoms with Crippen LogP contribution in [-0.4, -0.2) is 73.6 Å². The minimum Gasteiger partial charge on any atom is -0.368 e. The topological polar surface area (TPSA) is 127 Å². The number of halogens is 2. The Morgan fingerprint density at radius 2 is 1.97 bits per heavy atom. The molecule has 5 rings (SSSR count). The number of rotatable bonds is 4. The van der Waals surface area contributed by atoms with Gasteiger partial charge in [-0.2, -0.15) is 5.01 Å². The number of fused-ring (bicyclic) bond motifs is 3. The number of nitrogens with zero attached hydrogens (tertiary/aromatic N) is 4. The number of hydrogen-bond acceptors (Lipinski definition) is 6. The van der Waals surface area contributed by atoms with Crippen molar-refractivity contribution in [2.75, 3.05) is 13.1 Å². The van der Waals surface area contributed by atoms with Crippen molar-refractivity contribution in [3.05, 3.63) is 45.7 Å². The van der Waals surface area contributed by atoms with E-state index in [1.807, 2.05) is 0 Å². The van der Waals surface area contributed by atoms with Gasteiger partial charge in [-0.1, -0.05) is 17.7 Å². The summed E-state index contributed by atoms with van der Waals surface area (Å²) in [6.45, 7) is -0.0535. The molecule has 1 aromatic rings. The summed E-state index contributed by atoms with van der Waals surface area (Å²) in [5, 5.41) is 12.3. The smallest absolute Gasteiger partial charge is 0.298 e. The highest BCUT2D eigenvalue weighted by Gasteiger charge is 2.66. The van der Waals surface area contributed by atoms with E-state index in [0.29, 0.717) is 29.2 Å². The molecule has 10 nitrogen and oxygen atoms in total. The molecule has 1 saturated carbocycles. The maximum atomic E-state index is 13.5. The lowest BCUT2D eigenvalue weighted by Gasteiger charge is -2.53. The summed E-state index contributed by atoms with van der Waals surface area (Å²) in [7, 11) is 0. The molecule has 1 unspecified atom stereocenters. The molecule has 1 aliphatic carbocycles. The molecule has 0 bridgehead atoms. The van der Waals surface area contributed by atoms with E-state index in [9.17, 15) is 28.8 Å². The van der Waals surface area contributed by atoms with Crippen LogP contribution in [-0.2, 0) is 25.7 Å². The normalized spacial score (nSPS) is 24.4. The Kier molecular flexibility index (Phi) is 4.96. The predicted octanol–water partition coefficient (Wildman–Crippen LogP) is 0.533. The summed E-state index contributed by atoms with van der Waals surface area (Å²) in [5.41, 5.74) is 4.96. The standard InChI is InChI=1S/C21H21ClFN5O5/c22-13-8-11(2-3-14(13)23)9-25-7-4-12-16(18(25)30)19(31)28(33)27-17(12)20(32)26(10-15(24)29)21(27)5-1-6-21/h2-3,8,17,33H,1,4-7,9-10H2,(H2,24,29). The Morgan fingerprint density at radius 1 is 1.24 bits per heavy atom. The SMILES string of the molecule is NC(=O)CN1C(=O)C2C3=C(C(=O)N(Cc4ccc(F)c(Cl)c4)CC3)C(=O)N(O)N2C12CCC2. The predicted molar refractivity (Wildman–Crippen MR) is 110 cm³/mol. The van der Waals surface area contributed by atoms with Crippen molar-refractivity contribution in [1.29, 1.82) is 0 Å². The fraction of sp³-hybridized carbons (Fsp3) is 0.429. The second kappa shape index (κ2) is 7.51. The van der Waals surface area contributed by atoms with Crippen LogP contribution in [0.25, 0.3) is 0 Å². The minimum atomic E-state index is -1.06. The molecule has 12 heteroatoms. The van der Waals surface area contributed by atoms with Crippen LogP contribution in [0.3, 0.4) is 0 Å². The number of carbonyl (C=O) groups is 4. The van der Waals surface area contributed by atoms with Gasteiger partial charge in [0.25, 0.3) is 11.8 Å². The van der Waals surface area contributed by atoms with Gasteiger partial charge in [-0.15, -0.1) is 5.17 Å². The largest absolute Gasteiger partial charge is 0.368 e. The maximum Gasteiger partial charge on any atom is 0.298 e. The number of benzene rings is 1. The van der Waals surface area contributed by atoms with Gasteiger partial charge in [0.15, 0.2) is 0 Å². The van der Waals surface area contributed by atoms with Gasteiger partial charge in [0.1, 0.15) is 29.6 Å². The van der Waals surface area contributed by atoms with Crippen LogP contribution in [0, 0.1) is 5.82 Å². The van der Waals surface area contributed by atoms with Crippen molar-refractivity contribution in [3.63, 3.8) is 0 Å². The van der Waals surface area contributed by atoms with Crippen LogP contribution < -0.4 is 5.73 Å². The number of primary amides is 1. The third-order valence-electron chi connectivity index (χ3n) is 6.90. The number of hydrogen-bond donors (Lipinski definition) is 2. The highest BCUT2D eigenvalue weighted by Crippen LogP contribution is 2.51. The van der Waals surface area contributed by atoms with Gasteiger partial charge in [-0.3, -0.25) is 24.4 Å². The van der Waals surface area contributed by atoms with Crippen LogP contribution in [0.5, 0.6) is 0 Å². The Morgan fingerprint density at radius 3 is 2.58 bits per heavy atom. The van der Waals surface area contributed by atoms with Gasteiger partial charge in [0.05, 0.1) is 5.02 Å². The molecule has 1 atom stereocenters. The maximum absolute atomic E-state index is 13.5. The van der Waals surface area contributed by atoms with Crippen LogP contribution in [0.4, 0.5) is 4.39 Å². The van der Waals surface area contributed by atoms with E-state index >= 15 is 0 Å². The molecule has 174 valence electrons. The monoisotopic (exact) mass is 477 g/mol. The fourth-order valence-electron chi connectivity index (χ4n) is 5.26. The zero-order valence-electron chi connectivity index (χ0n) is 17.5. The molecule has 1 spiro atoms. The van der Waals surface area contributed by atoms with Crippen LogP contribution >= 0.6 is 11.6 Å². The molecule has 3 heterocycles. The summed E-state index contributed by atoms with van der Waals surface area (Å²) in [5.74, 6) is -3.32. The third-order valence-corrected chi connectivity index (χ3v) is 7.19. The fourth-order valence-corrected chi connectivity index (χ4v) is 5.47. The summed E-state index contributed by atoms with van der Waals surface area (Å²) in [6, 6.07) is 3.02. The Labute approximate surface area is 192 Å². The average Bonchev–Trinajstić information content (AvgIpc) is 2.99. The zero-order valence-corrected chi connectivity index (χ0v) is 18.2. The van der Waals surface area contributed by atoms with E-state index in [0.717, 1.165) is 6.42 Å². The molecule has 3 aliphatic heterocycles. The molecule has 2 fully saturated rings. The molecule has 1 aromatic carbocycles. The number of nitrogens with two attached hydrogens (primary N) is 1. The zero-order chi connectivity index (χ0) is 23.7. The quantitative estimate of drug-likeness (QED) is 0.481. The molecule has 0 aromatic heterocycles. The molecule has 3 N–H and O–H groups in total. The Hall–Kier alpha value is -3.02. The number of hydroxylamine groups is 1. The number of carbonyl (C=O) groups excluding carboxylic acids is 4. The second-order valence-corrected chi connectivity index (χ2v) is 9.10. The van der Waals surface area contributed by atoms with Crippen molar-refractivity contribution < 1.29 is 28.8 Å². The van der Waals surface area contributed by atoms with Crippen molar-refractivity contribution in [1.82, 2.24) is 20.0 Å². The first-order valence-electron chi connectivity index (χ1n) is 10.5. The van der Waals surface area contributed by atoms with Gasteiger partial charge in [0.2, 0.25) is 11.8 Å². The summed E-state index contributed by atoms with van der Waals surface area (Å²) in [4.78, 5) is 54.1. The van der Waals surface area contributed by atoms with Gasteiger partial charge < -0.3 is 15.5 Å². The van der Waals surface area contributed by atoms with E-state index in [-0.39, 0.29) is 36.7 Å². The first-order chi connectivity index (χ1) is 15.7. The first kappa shape index (κ1) is 21.8. The van der Waals surface area contributed by atoms with Crippen LogP contribution in [0.2, 0.25) is 5.02 Å². The highest BCUT2D eigenvalue weighted by molar-refractivity contribution is 6.30. The van der Waals surface area contributed by atoms with E-state index in [4.69, 9.17) is 17.3 Å². The van der Waals surface area contributed by atoms with Crippen molar-refractivity contribution in [2.45, 2.75) is 43.9 Å². The molecular formula is C21H21ClFN5O5. The number of hydrazine groups is 1. The lowest BCUT2D eigenvalue weighted by Crippen LogP contribution is -2.68. The first-order valence-corrected chi connectivity index (χ1v) is 10.9.